The standard InChI is InChI=1S/C22H31N5OS/c1-3-17-8-6-9-18(14-17)26-21(28)16-25-22(23-2)24-15-19(20-10-7-13-29-20)27-11-4-5-12-27/h6-10,13-14,19H,3-5,11-12,15-16H2,1-2H3,(H,26,28)(H2,23,24,25). The van der Waals surface area contributed by atoms with Gasteiger partial charge in [-0.1, -0.05) is 25.1 Å². The number of amides is 1. The minimum atomic E-state index is -0.0875. The van der Waals surface area contributed by atoms with Gasteiger partial charge in [-0.2, -0.15) is 0 Å². The maximum absolute atomic E-state index is 12.3. The number of carbonyl (C=O) groups excluding carboxylic acids is 1. The fraction of sp³-hybridized carbons (Fsp3) is 0.455. The quantitative estimate of drug-likeness (QED) is 0.459. The summed E-state index contributed by atoms with van der Waals surface area (Å²) in [6.45, 7) is 5.30. The molecule has 1 aliphatic rings. The van der Waals surface area contributed by atoms with E-state index in [1.807, 2.05) is 18.2 Å². The number of benzene rings is 1. The summed E-state index contributed by atoms with van der Waals surface area (Å²) in [6, 6.07) is 12.6. The van der Waals surface area contributed by atoms with Gasteiger partial charge in [0.05, 0.1) is 12.6 Å². The van der Waals surface area contributed by atoms with E-state index in [0.717, 1.165) is 31.7 Å². The van der Waals surface area contributed by atoms with Crippen molar-refractivity contribution >= 4 is 28.9 Å². The van der Waals surface area contributed by atoms with Crippen molar-refractivity contribution in [2.75, 3.05) is 38.5 Å². The molecule has 0 saturated carbocycles. The number of carbonyl (C=O) groups is 1. The molecule has 1 atom stereocenters. The second-order valence-electron chi connectivity index (χ2n) is 7.18. The molecule has 6 nitrogen and oxygen atoms in total. The van der Waals surface area contributed by atoms with E-state index in [9.17, 15) is 4.79 Å². The van der Waals surface area contributed by atoms with Crippen molar-refractivity contribution in [1.29, 1.82) is 0 Å². The monoisotopic (exact) mass is 413 g/mol. The number of hydrogen-bond acceptors (Lipinski definition) is 4. The molecular weight excluding hydrogens is 382 g/mol. The third kappa shape index (κ3) is 6.30. The van der Waals surface area contributed by atoms with Gasteiger partial charge in [0.15, 0.2) is 5.96 Å². The lowest BCUT2D eigenvalue weighted by molar-refractivity contribution is -0.115. The molecule has 0 aliphatic carbocycles. The van der Waals surface area contributed by atoms with Gasteiger partial charge < -0.3 is 16.0 Å². The molecular formula is C22H31N5OS. The molecule has 2 heterocycles. The number of hydrogen-bond donors (Lipinski definition) is 3. The van der Waals surface area contributed by atoms with Gasteiger partial charge in [0.1, 0.15) is 0 Å². The summed E-state index contributed by atoms with van der Waals surface area (Å²) < 4.78 is 0. The lowest BCUT2D eigenvalue weighted by Crippen LogP contribution is -2.44. The summed E-state index contributed by atoms with van der Waals surface area (Å²) >= 11 is 1.79. The Morgan fingerprint density at radius 2 is 2.03 bits per heavy atom. The average molecular weight is 414 g/mol. The molecule has 1 aromatic carbocycles. The van der Waals surface area contributed by atoms with Crippen LogP contribution in [0.2, 0.25) is 0 Å². The molecule has 7 heteroatoms. The van der Waals surface area contributed by atoms with Crippen molar-refractivity contribution in [3.05, 3.63) is 52.2 Å². The fourth-order valence-electron chi connectivity index (χ4n) is 3.60. The largest absolute Gasteiger partial charge is 0.354 e. The molecule has 0 bridgehead atoms. The molecule has 2 aromatic rings. The van der Waals surface area contributed by atoms with Crippen molar-refractivity contribution < 1.29 is 4.79 Å². The van der Waals surface area contributed by atoms with Gasteiger partial charge in [0.25, 0.3) is 0 Å². The highest BCUT2D eigenvalue weighted by molar-refractivity contribution is 7.10. The molecule has 1 fully saturated rings. The van der Waals surface area contributed by atoms with E-state index >= 15 is 0 Å². The number of aliphatic imine (C=N–C) groups is 1. The van der Waals surface area contributed by atoms with Crippen LogP contribution in [0.25, 0.3) is 0 Å². The van der Waals surface area contributed by atoms with Crippen LogP contribution in [0.1, 0.15) is 36.2 Å². The van der Waals surface area contributed by atoms with Crippen molar-refractivity contribution in [2.24, 2.45) is 4.99 Å². The lowest BCUT2D eigenvalue weighted by Gasteiger charge is -2.27. The van der Waals surface area contributed by atoms with Gasteiger partial charge in [-0.15, -0.1) is 11.3 Å². The van der Waals surface area contributed by atoms with Crippen LogP contribution in [0.3, 0.4) is 0 Å². The van der Waals surface area contributed by atoms with Gasteiger partial charge in [0, 0.05) is 24.2 Å². The van der Waals surface area contributed by atoms with E-state index in [2.05, 4.69) is 56.3 Å². The van der Waals surface area contributed by atoms with Crippen LogP contribution >= 0.6 is 11.3 Å². The Balaban J connectivity index is 1.49. The van der Waals surface area contributed by atoms with Crippen LogP contribution in [0.4, 0.5) is 5.69 Å². The average Bonchev–Trinajstić information content (AvgIpc) is 3.45. The first kappa shape index (κ1) is 21.3. The number of aryl methyl sites for hydroxylation is 1. The fourth-order valence-corrected chi connectivity index (χ4v) is 4.46. The van der Waals surface area contributed by atoms with E-state index in [4.69, 9.17) is 0 Å². The zero-order valence-electron chi connectivity index (χ0n) is 17.3. The Morgan fingerprint density at radius 1 is 1.21 bits per heavy atom. The van der Waals surface area contributed by atoms with Crippen molar-refractivity contribution in [1.82, 2.24) is 15.5 Å². The third-order valence-electron chi connectivity index (χ3n) is 5.17. The summed E-state index contributed by atoms with van der Waals surface area (Å²) in [4.78, 5) is 20.5. The number of anilines is 1. The SMILES string of the molecule is CCc1cccc(NC(=O)CNC(=NC)NCC(c2cccs2)N2CCCC2)c1. The van der Waals surface area contributed by atoms with Crippen LogP contribution in [0, 0.1) is 0 Å². The Morgan fingerprint density at radius 3 is 2.72 bits per heavy atom. The minimum Gasteiger partial charge on any atom is -0.354 e. The highest BCUT2D eigenvalue weighted by Gasteiger charge is 2.24. The van der Waals surface area contributed by atoms with Gasteiger partial charge in [-0.05, 0) is 61.5 Å². The first-order chi connectivity index (χ1) is 14.2. The van der Waals surface area contributed by atoms with E-state index in [1.165, 1.54) is 23.3 Å². The number of nitrogens with one attached hydrogen (secondary N) is 3. The van der Waals surface area contributed by atoms with Crippen LogP contribution in [0.15, 0.2) is 46.8 Å². The molecule has 1 saturated heterocycles. The summed E-state index contributed by atoms with van der Waals surface area (Å²) in [5, 5.41) is 11.6. The summed E-state index contributed by atoms with van der Waals surface area (Å²) in [5.74, 6) is 0.554. The molecule has 1 amide bonds. The molecule has 1 aliphatic heterocycles. The number of rotatable bonds is 8. The van der Waals surface area contributed by atoms with Crippen LogP contribution in [-0.4, -0.2) is 50.0 Å². The second kappa shape index (κ2) is 11.0. The van der Waals surface area contributed by atoms with E-state index in [-0.39, 0.29) is 12.5 Å². The molecule has 29 heavy (non-hydrogen) atoms. The van der Waals surface area contributed by atoms with Gasteiger partial charge in [-0.25, -0.2) is 0 Å². The van der Waals surface area contributed by atoms with Crippen molar-refractivity contribution in [2.45, 2.75) is 32.2 Å². The Kier molecular flexibility index (Phi) is 8.07. The van der Waals surface area contributed by atoms with Gasteiger partial charge in [0.2, 0.25) is 5.91 Å². The summed E-state index contributed by atoms with van der Waals surface area (Å²) in [5.41, 5.74) is 2.03. The second-order valence-corrected chi connectivity index (χ2v) is 8.16. The topological polar surface area (TPSA) is 68.8 Å². The zero-order valence-corrected chi connectivity index (χ0v) is 18.1. The van der Waals surface area contributed by atoms with Crippen LogP contribution in [0.5, 0.6) is 0 Å². The minimum absolute atomic E-state index is 0.0875. The predicted molar refractivity (Wildman–Crippen MR) is 122 cm³/mol. The van der Waals surface area contributed by atoms with E-state index in [1.54, 1.807) is 18.4 Å². The predicted octanol–water partition coefficient (Wildman–Crippen LogP) is 3.25. The van der Waals surface area contributed by atoms with Crippen molar-refractivity contribution in [3.63, 3.8) is 0 Å². The highest BCUT2D eigenvalue weighted by Crippen LogP contribution is 2.27. The lowest BCUT2D eigenvalue weighted by atomic mass is 10.1. The summed E-state index contributed by atoms with van der Waals surface area (Å²) in [7, 11) is 1.73. The van der Waals surface area contributed by atoms with Crippen LogP contribution in [-0.2, 0) is 11.2 Å². The molecule has 3 N–H and O–H groups in total. The molecule has 0 spiro atoms. The van der Waals surface area contributed by atoms with Crippen molar-refractivity contribution in [3.8, 4) is 0 Å². The molecule has 0 radical (unpaired) electrons. The third-order valence-corrected chi connectivity index (χ3v) is 6.15. The number of nitrogens with zero attached hydrogens (tertiary/aromatic N) is 2. The summed E-state index contributed by atoms with van der Waals surface area (Å²) in [6.07, 6.45) is 3.46. The molecule has 156 valence electrons. The van der Waals surface area contributed by atoms with Crippen LogP contribution < -0.4 is 16.0 Å². The normalized spacial score (nSPS) is 15.9. The zero-order chi connectivity index (χ0) is 20.5. The Hall–Kier alpha value is -2.38. The number of guanidine groups is 1. The van der Waals surface area contributed by atoms with Gasteiger partial charge in [-0.3, -0.25) is 14.7 Å². The number of likely N-dealkylation sites (tertiary alicyclic amines) is 1. The maximum atomic E-state index is 12.3. The van der Waals surface area contributed by atoms with E-state index < -0.39 is 0 Å². The highest BCUT2D eigenvalue weighted by atomic mass is 32.1. The Bertz CT molecular complexity index is 799. The number of thiophene rings is 1. The molecule has 1 aromatic heterocycles. The first-order valence-electron chi connectivity index (χ1n) is 10.3. The first-order valence-corrected chi connectivity index (χ1v) is 11.2. The smallest absolute Gasteiger partial charge is 0.243 e. The Labute approximate surface area is 177 Å². The maximum Gasteiger partial charge on any atom is 0.243 e. The molecule has 3 rings (SSSR count). The molecule has 1 unspecified atom stereocenters. The van der Waals surface area contributed by atoms with E-state index in [0.29, 0.717) is 12.0 Å². The van der Waals surface area contributed by atoms with Gasteiger partial charge >= 0.3 is 0 Å².